The second-order valence-electron chi connectivity index (χ2n) is 6.21. The third-order valence-corrected chi connectivity index (χ3v) is 4.05. The van der Waals surface area contributed by atoms with Crippen LogP contribution in [0.1, 0.15) is 47.7 Å². The van der Waals surface area contributed by atoms with Crippen LogP contribution in [0.2, 0.25) is 0 Å². The van der Waals surface area contributed by atoms with Crippen LogP contribution in [0.25, 0.3) is 0 Å². The van der Waals surface area contributed by atoms with E-state index in [-0.39, 0.29) is 11.8 Å². The Morgan fingerprint density at radius 2 is 1.67 bits per heavy atom. The minimum absolute atomic E-state index is 0.0314. The van der Waals surface area contributed by atoms with Crippen LogP contribution in [0.3, 0.4) is 0 Å². The molecule has 0 aliphatic heterocycles. The molecular formula is C23H26N2O2. The van der Waals surface area contributed by atoms with Crippen molar-refractivity contribution in [1.82, 2.24) is 10.6 Å². The van der Waals surface area contributed by atoms with E-state index >= 15 is 0 Å². The molecule has 0 saturated heterocycles. The highest BCUT2D eigenvalue weighted by Crippen LogP contribution is 2.06. The summed E-state index contributed by atoms with van der Waals surface area (Å²) in [7, 11) is 0. The molecule has 2 N–H and O–H groups in total. The van der Waals surface area contributed by atoms with E-state index in [9.17, 15) is 9.59 Å². The van der Waals surface area contributed by atoms with Gasteiger partial charge < -0.3 is 10.6 Å². The summed E-state index contributed by atoms with van der Waals surface area (Å²) in [6.07, 6.45) is 3.40. The maximum Gasteiger partial charge on any atom is 0.251 e. The van der Waals surface area contributed by atoms with E-state index in [1.165, 1.54) is 5.56 Å². The molecule has 27 heavy (non-hydrogen) atoms. The van der Waals surface area contributed by atoms with Gasteiger partial charge in [-0.3, -0.25) is 9.59 Å². The molecule has 0 aliphatic rings. The highest BCUT2D eigenvalue weighted by Gasteiger charge is 2.02. The van der Waals surface area contributed by atoms with Crippen molar-refractivity contribution in [3.05, 3.63) is 71.3 Å². The Morgan fingerprint density at radius 3 is 2.37 bits per heavy atom. The standard InChI is InChI=1S/C23H26N2O2/c1-2-24-23(27)21-16-14-20(15-17-21)12-8-18-25-22(26)13-7-6-11-19-9-4-3-5-10-19/h3-5,9-10,14-17H,2,6-7,11,13,18H2,1H3,(H,24,27)(H,25,26). The minimum atomic E-state index is -0.0865. The number of aryl methyl sites for hydroxylation is 1. The van der Waals surface area contributed by atoms with Crippen LogP contribution in [0.15, 0.2) is 54.6 Å². The monoisotopic (exact) mass is 362 g/mol. The lowest BCUT2D eigenvalue weighted by atomic mass is 10.1. The summed E-state index contributed by atoms with van der Waals surface area (Å²) < 4.78 is 0. The van der Waals surface area contributed by atoms with Crippen molar-refractivity contribution in [3.63, 3.8) is 0 Å². The van der Waals surface area contributed by atoms with Gasteiger partial charge in [0, 0.05) is 24.1 Å². The Kier molecular flexibility index (Phi) is 8.65. The van der Waals surface area contributed by atoms with Gasteiger partial charge in [0.1, 0.15) is 0 Å². The first-order valence-corrected chi connectivity index (χ1v) is 9.37. The number of unbranched alkanes of at least 4 members (excludes halogenated alkanes) is 1. The molecule has 0 saturated carbocycles. The van der Waals surface area contributed by atoms with E-state index in [2.05, 4.69) is 34.6 Å². The average Bonchev–Trinajstić information content (AvgIpc) is 2.70. The van der Waals surface area contributed by atoms with Crippen LogP contribution in [-0.2, 0) is 11.2 Å². The van der Waals surface area contributed by atoms with Gasteiger partial charge in [0.05, 0.1) is 6.54 Å². The lowest BCUT2D eigenvalue weighted by molar-refractivity contribution is -0.120. The fraction of sp³-hybridized carbons (Fsp3) is 0.304. The molecule has 2 amide bonds. The molecule has 0 aromatic heterocycles. The highest BCUT2D eigenvalue weighted by atomic mass is 16.2. The molecule has 4 nitrogen and oxygen atoms in total. The summed E-state index contributed by atoms with van der Waals surface area (Å²) in [5, 5.41) is 5.57. The fourth-order valence-electron chi connectivity index (χ4n) is 2.60. The molecule has 0 spiro atoms. The molecule has 0 unspecified atom stereocenters. The van der Waals surface area contributed by atoms with Crippen LogP contribution < -0.4 is 10.6 Å². The fourth-order valence-corrected chi connectivity index (χ4v) is 2.60. The Labute approximate surface area is 161 Å². The van der Waals surface area contributed by atoms with E-state index in [1.807, 2.05) is 37.3 Å². The normalized spacial score (nSPS) is 9.81. The zero-order valence-corrected chi connectivity index (χ0v) is 15.8. The predicted molar refractivity (Wildman–Crippen MR) is 108 cm³/mol. The molecule has 0 heterocycles. The van der Waals surface area contributed by atoms with Gasteiger partial charge in [-0.1, -0.05) is 42.2 Å². The van der Waals surface area contributed by atoms with Gasteiger partial charge in [-0.15, -0.1) is 0 Å². The number of amides is 2. The van der Waals surface area contributed by atoms with Gasteiger partial charge in [0.25, 0.3) is 5.91 Å². The first-order valence-electron chi connectivity index (χ1n) is 9.37. The molecule has 140 valence electrons. The third-order valence-electron chi connectivity index (χ3n) is 4.05. The van der Waals surface area contributed by atoms with Crippen molar-refractivity contribution in [3.8, 4) is 11.8 Å². The molecule has 0 atom stereocenters. The summed E-state index contributed by atoms with van der Waals surface area (Å²) in [5.41, 5.74) is 2.74. The topological polar surface area (TPSA) is 58.2 Å². The van der Waals surface area contributed by atoms with Crippen molar-refractivity contribution >= 4 is 11.8 Å². The number of carbonyl (C=O) groups is 2. The molecule has 2 aromatic carbocycles. The Morgan fingerprint density at radius 1 is 0.926 bits per heavy atom. The molecule has 0 bridgehead atoms. The largest absolute Gasteiger partial charge is 0.352 e. The lowest BCUT2D eigenvalue weighted by Gasteiger charge is -2.02. The van der Waals surface area contributed by atoms with E-state index in [0.29, 0.717) is 25.1 Å². The van der Waals surface area contributed by atoms with E-state index in [4.69, 9.17) is 0 Å². The molecule has 0 radical (unpaired) electrons. The number of carbonyl (C=O) groups excluding carboxylic acids is 2. The Balaban J connectivity index is 1.64. The van der Waals surface area contributed by atoms with Crippen molar-refractivity contribution in [1.29, 1.82) is 0 Å². The summed E-state index contributed by atoms with van der Waals surface area (Å²) in [5.74, 6) is 5.88. The van der Waals surface area contributed by atoms with Gasteiger partial charge in [-0.25, -0.2) is 0 Å². The first-order chi connectivity index (χ1) is 13.2. The summed E-state index contributed by atoms with van der Waals surface area (Å²) in [6.45, 7) is 2.82. The summed E-state index contributed by atoms with van der Waals surface area (Å²) >= 11 is 0. The average molecular weight is 362 g/mol. The van der Waals surface area contributed by atoms with Crippen LogP contribution in [0.4, 0.5) is 0 Å². The van der Waals surface area contributed by atoms with Gasteiger partial charge in [0.15, 0.2) is 0 Å². The zero-order chi connectivity index (χ0) is 19.3. The third kappa shape index (κ3) is 7.79. The van der Waals surface area contributed by atoms with Crippen LogP contribution in [0.5, 0.6) is 0 Å². The van der Waals surface area contributed by atoms with Crippen LogP contribution in [-0.4, -0.2) is 24.9 Å². The first kappa shape index (κ1) is 20.3. The van der Waals surface area contributed by atoms with Gasteiger partial charge >= 0.3 is 0 Å². The summed E-state index contributed by atoms with van der Waals surface area (Å²) in [6, 6.07) is 17.4. The number of rotatable bonds is 8. The summed E-state index contributed by atoms with van der Waals surface area (Å²) in [4.78, 5) is 23.5. The zero-order valence-electron chi connectivity index (χ0n) is 15.8. The van der Waals surface area contributed by atoms with Crippen molar-refractivity contribution < 1.29 is 9.59 Å². The molecule has 2 aromatic rings. The maximum atomic E-state index is 11.8. The number of hydrogen-bond acceptors (Lipinski definition) is 2. The van der Waals surface area contributed by atoms with Crippen LogP contribution in [0, 0.1) is 11.8 Å². The van der Waals surface area contributed by atoms with Crippen molar-refractivity contribution in [2.75, 3.05) is 13.1 Å². The Hall–Kier alpha value is -3.06. The molecule has 0 fully saturated rings. The molecule has 4 heteroatoms. The van der Waals surface area contributed by atoms with Crippen molar-refractivity contribution in [2.24, 2.45) is 0 Å². The lowest BCUT2D eigenvalue weighted by Crippen LogP contribution is -2.23. The molecule has 0 aliphatic carbocycles. The highest BCUT2D eigenvalue weighted by molar-refractivity contribution is 5.94. The Bertz CT molecular complexity index is 787. The number of nitrogens with one attached hydrogen (secondary N) is 2. The number of hydrogen-bond donors (Lipinski definition) is 2. The second kappa shape index (κ2) is 11.5. The van der Waals surface area contributed by atoms with E-state index < -0.39 is 0 Å². The molecular weight excluding hydrogens is 336 g/mol. The van der Waals surface area contributed by atoms with Gasteiger partial charge in [-0.05, 0) is 56.0 Å². The second-order valence-corrected chi connectivity index (χ2v) is 6.21. The molecule has 2 rings (SSSR count). The SMILES string of the molecule is CCNC(=O)c1ccc(C#CCNC(=O)CCCCc2ccccc2)cc1. The van der Waals surface area contributed by atoms with Gasteiger partial charge in [0.2, 0.25) is 5.91 Å². The van der Waals surface area contributed by atoms with Crippen molar-refractivity contribution in [2.45, 2.75) is 32.6 Å². The van der Waals surface area contributed by atoms with Crippen LogP contribution >= 0.6 is 0 Å². The maximum absolute atomic E-state index is 11.8. The number of benzene rings is 2. The van der Waals surface area contributed by atoms with E-state index in [1.54, 1.807) is 12.1 Å². The smallest absolute Gasteiger partial charge is 0.251 e. The van der Waals surface area contributed by atoms with E-state index in [0.717, 1.165) is 24.8 Å². The quantitative estimate of drug-likeness (QED) is 0.559. The minimum Gasteiger partial charge on any atom is -0.352 e. The van der Waals surface area contributed by atoms with Gasteiger partial charge in [-0.2, -0.15) is 0 Å². The predicted octanol–water partition coefficient (Wildman–Crippen LogP) is 3.32.